The smallest absolute Gasteiger partial charge is 0.429 e. The molecule has 4 aromatic carbocycles. The molecule has 4 aromatic rings. The summed E-state index contributed by atoms with van der Waals surface area (Å²) in [6.45, 7) is 3.87. The number of hydrogen-bond donors (Lipinski definition) is 0. The standard InChI is InChI=1S/C33H24F8O/c1-2-18-3-5-19(6-4-18)20-7-9-21(10-8-20)22-11-12-25(26(34)13-22)23-14-27(35)31(28(36)15-23)33(40,41)42-24-16-29(37)32(39)30(38)17-24/h2,7-19H,1,3-6H2. The molecule has 0 unspecified atom stereocenters. The van der Waals surface area contributed by atoms with Crippen LogP contribution in [0.1, 0.15) is 42.7 Å². The summed E-state index contributed by atoms with van der Waals surface area (Å²) in [6.07, 6.45) is 1.55. The van der Waals surface area contributed by atoms with Crippen LogP contribution in [0.25, 0.3) is 22.3 Å². The van der Waals surface area contributed by atoms with Crippen molar-refractivity contribution in [3.63, 3.8) is 0 Å². The molecule has 0 amide bonds. The van der Waals surface area contributed by atoms with Crippen LogP contribution in [0.15, 0.2) is 79.4 Å². The van der Waals surface area contributed by atoms with Crippen LogP contribution < -0.4 is 4.74 Å². The first-order chi connectivity index (χ1) is 20.0. The van der Waals surface area contributed by atoms with Gasteiger partial charge in [0.05, 0.1) is 0 Å². The van der Waals surface area contributed by atoms with Crippen LogP contribution in [0.3, 0.4) is 0 Å². The molecule has 218 valence electrons. The van der Waals surface area contributed by atoms with Crippen LogP contribution in [0.4, 0.5) is 35.1 Å². The zero-order valence-electron chi connectivity index (χ0n) is 22.1. The second-order valence-electron chi connectivity index (χ2n) is 10.3. The summed E-state index contributed by atoms with van der Waals surface area (Å²) >= 11 is 0. The van der Waals surface area contributed by atoms with Gasteiger partial charge in [-0.1, -0.05) is 42.5 Å². The lowest BCUT2D eigenvalue weighted by molar-refractivity contribution is -0.189. The minimum absolute atomic E-state index is 0.106. The third-order valence-electron chi connectivity index (χ3n) is 7.64. The van der Waals surface area contributed by atoms with Gasteiger partial charge in [0.1, 0.15) is 28.8 Å². The Bertz CT molecular complexity index is 1580. The highest BCUT2D eigenvalue weighted by molar-refractivity contribution is 5.71. The maximum absolute atomic E-state index is 15.1. The maximum atomic E-state index is 15.1. The van der Waals surface area contributed by atoms with E-state index in [0.717, 1.165) is 31.2 Å². The Kier molecular flexibility index (Phi) is 8.12. The van der Waals surface area contributed by atoms with Gasteiger partial charge in [0.15, 0.2) is 17.5 Å². The van der Waals surface area contributed by atoms with Crippen molar-refractivity contribution in [3.8, 4) is 28.0 Å². The molecule has 0 radical (unpaired) electrons. The first-order valence-electron chi connectivity index (χ1n) is 13.2. The van der Waals surface area contributed by atoms with Gasteiger partial charge in [0, 0.05) is 17.7 Å². The van der Waals surface area contributed by atoms with Crippen molar-refractivity contribution in [3.05, 3.63) is 125 Å². The van der Waals surface area contributed by atoms with E-state index >= 15 is 4.39 Å². The topological polar surface area (TPSA) is 9.23 Å². The molecule has 0 atom stereocenters. The van der Waals surface area contributed by atoms with Gasteiger partial charge in [-0.25, -0.2) is 26.3 Å². The van der Waals surface area contributed by atoms with Crippen molar-refractivity contribution in [2.45, 2.75) is 37.7 Å². The van der Waals surface area contributed by atoms with Crippen molar-refractivity contribution in [1.82, 2.24) is 0 Å². The third kappa shape index (κ3) is 5.91. The minimum Gasteiger partial charge on any atom is -0.429 e. The largest absolute Gasteiger partial charge is 0.432 e. The van der Waals surface area contributed by atoms with Crippen molar-refractivity contribution in [1.29, 1.82) is 0 Å². The number of allylic oxidation sites excluding steroid dienone is 1. The predicted molar refractivity (Wildman–Crippen MR) is 143 cm³/mol. The average Bonchev–Trinajstić information content (AvgIpc) is 2.95. The molecule has 0 saturated heterocycles. The highest BCUT2D eigenvalue weighted by Gasteiger charge is 2.41. The molecular weight excluding hydrogens is 564 g/mol. The summed E-state index contributed by atoms with van der Waals surface area (Å²) in [5, 5.41) is 0. The van der Waals surface area contributed by atoms with Gasteiger partial charge in [-0.15, -0.1) is 6.58 Å². The highest BCUT2D eigenvalue weighted by atomic mass is 19.3. The van der Waals surface area contributed by atoms with Gasteiger partial charge < -0.3 is 4.74 Å². The number of ether oxygens (including phenoxy) is 1. The molecule has 0 bridgehead atoms. The lowest BCUT2D eigenvalue weighted by atomic mass is 9.78. The highest BCUT2D eigenvalue weighted by Crippen LogP contribution is 2.39. The van der Waals surface area contributed by atoms with Gasteiger partial charge in [-0.05, 0) is 78.0 Å². The Morgan fingerprint density at radius 1 is 0.643 bits per heavy atom. The van der Waals surface area contributed by atoms with Crippen LogP contribution >= 0.6 is 0 Å². The lowest BCUT2D eigenvalue weighted by Crippen LogP contribution is -2.25. The van der Waals surface area contributed by atoms with E-state index in [9.17, 15) is 30.7 Å². The third-order valence-corrected chi connectivity index (χ3v) is 7.64. The zero-order valence-corrected chi connectivity index (χ0v) is 22.1. The van der Waals surface area contributed by atoms with E-state index in [1.165, 1.54) is 17.7 Å². The Hall–Kier alpha value is -4.14. The second-order valence-corrected chi connectivity index (χ2v) is 10.3. The van der Waals surface area contributed by atoms with Gasteiger partial charge in [0.2, 0.25) is 0 Å². The molecule has 0 spiro atoms. The van der Waals surface area contributed by atoms with E-state index in [4.69, 9.17) is 0 Å². The zero-order chi connectivity index (χ0) is 30.2. The van der Waals surface area contributed by atoms with Crippen LogP contribution in [0.2, 0.25) is 0 Å². The van der Waals surface area contributed by atoms with Crippen molar-refractivity contribution >= 4 is 0 Å². The fraction of sp³-hybridized carbons (Fsp3) is 0.212. The molecule has 42 heavy (non-hydrogen) atoms. The quantitative estimate of drug-likeness (QED) is 0.119. The van der Waals surface area contributed by atoms with Crippen molar-refractivity contribution in [2.24, 2.45) is 5.92 Å². The molecule has 9 heteroatoms. The SMILES string of the molecule is C=CC1CCC(c2ccc(-c3ccc(-c4cc(F)c(C(F)(F)Oc5cc(F)c(F)c(F)c5)c(F)c4)c(F)c3)cc2)CC1. The van der Waals surface area contributed by atoms with Crippen LogP contribution in [-0.4, -0.2) is 0 Å². The molecule has 0 aromatic heterocycles. The molecule has 0 heterocycles. The fourth-order valence-electron chi connectivity index (χ4n) is 5.36. The van der Waals surface area contributed by atoms with Gasteiger partial charge in [0.25, 0.3) is 0 Å². The number of benzene rings is 4. The van der Waals surface area contributed by atoms with Crippen molar-refractivity contribution < 1.29 is 39.9 Å². The molecule has 1 nitrogen and oxygen atoms in total. The van der Waals surface area contributed by atoms with E-state index in [-0.39, 0.29) is 23.3 Å². The van der Waals surface area contributed by atoms with E-state index in [2.05, 4.69) is 11.3 Å². The van der Waals surface area contributed by atoms with E-state index < -0.39 is 52.3 Å². The number of hydrogen-bond acceptors (Lipinski definition) is 1. The maximum Gasteiger partial charge on any atom is 0.432 e. The Morgan fingerprint density at radius 2 is 1.19 bits per heavy atom. The number of alkyl halides is 2. The number of halogens is 8. The molecule has 0 N–H and O–H groups in total. The molecular formula is C33H24F8O. The summed E-state index contributed by atoms with van der Waals surface area (Å²) in [5.41, 5.74) is -0.0495. The van der Waals surface area contributed by atoms with E-state index in [1.807, 2.05) is 30.3 Å². The first-order valence-corrected chi connectivity index (χ1v) is 13.2. The molecule has 1 saturated carbocycles. The molecule has 1 aliphatic rings. The minimum atomic E-state index is -4.75. The molecule has 0 aliphatic heterocycles. The van der Waals surface area contributed by atoms with Crippen molar-refractivity contribution in [2.75, 3.05) is 0 Å². The Balaban J connectivity index is 1.36. The first kappa shape index (κ1) is 29.4. The van der Waals surface area contributed by atoms with E-state index in [1.54, 1.807) is 6.07 Å². The monoisotopic (exact) mass is 588 g/mol. The summed E-state index contributed by atoms with van der Waals surface area (Å²) < 4.78 is 118. The Morgan fingerprint density at radius 3 is 1.74 bits per heavy atom. The number of rotatable bonds is 7. The molecule has 5 rings (SSSR count). The van der Waals surface area contributed by atoms with Crippen LogP contribution in [-0.2, 0) is 6.11 Å². The normalized spacial score (nSPS) is 17.2. The summed E-state index contributed by atoms with van der Waals surface area (Å²) in [6, 6.07) is 13.0. The van der Waals surface area contributed by atoms with Crippen LogP contribution in [0, 0.1) is 40.8 Å². The van der Waals surface area contributed by atoms with Gasteiger partial charge in [-0.2, -0.15) is 8.78 Å². The average molecular weight is 589 g/mol. The molecule has 1 aliphatic carbocycles. The molecule has 1 fully saturated rings. The summed E-state index contributed by atoms with van der Waals surface area (Å²) in [7, 11) is 0. The van der Waals surface area contributed by atoms with Crippen LogP contribution in [0.5, 0.6) is 5.75 Å². The van der Waals surface area contributed by atoms with Gasteiger partial charge >= 0.3 is 6.11 Å². The Labute approximate surface area is 237 Å². The predicted octanol–water partition coefficient (Wildman–Crippen LogP) is 10.4. The lowest BCUT2D eigenvalue weighted by Gasteiger charge is -2.27. The summed E-state index contributed by atoms with van der Waals surface area (Å²) in [5.74, 6) is -10.2. The van der Waals surface area contributed by atoms with Gasteiger partial charge in [-0.3, -0.25) is 0 Å². The second kappa shape index (κ2) is 11.6. The van der Waals surface area contributed by atoms with E-state index in [0.29, 0.717) is 29.5 Å². The fourth-order valence-corrected chi connectivity index (χ4v) is 5.36. The summed E-state index contributed by atoms with van der Waals surface area (Å²) in [4.78, 5) is 0.